The third kappa shape index (κ3) is 4.82. The first-order valence-corrected chi connectivity index (χ1v) is 10.8. The summed E-state index contributed by atoms with van der Waals surface area (Å²) in [6, 6.07) is 0.229. The average Bonchev–Trinajstić information content (AvgIpc) is 2.85. The summed E-state index contributed by atoms with van der Waals surface area (Å²) < 4.78 is 0. The molecule has 0 radical (unpaired) electrons. The van der Waals surface area contributed by atoms with Crippen molar-refractivity contribution in [2.45, 2.75) is 95.6 Å². The van der Waals surface area contributed by atoms with Gasteiger partial charge in [0, 0.05) is 20.0 Å². The summed E-state index contributed by atoms with van der Waals surface area (Å²) in [5.41, 5.74) is 5.37. The van der Waals surface area contributed by atoms with Crippen LogP contribution in [0, 0.1) is 11.8 Å². The van der Waals surface area contributed by atoms with E-state index >= 15 is 0 Å². The van der Waals surface area contributed by atoms with Gasteiger partial charge in [-0.25, -0.2) is 4.99 Å². The molecule has 3 atom stereocenters. The zero-order chi connectivity index (χ0) is 19.4. The molecule has 3 rings (SSSR count). The quantitative estimate of drug-likeness (QED) is 0.747. The second kappa shape index (κ2) is 8.61. The Morgan fingerprint density at radius 2 is 1.89 bits per heavy atom. The normalized spacial score (nSPS) is 32.4. The highest BCUT2D eigenvalue weighted by atomic mass is 16.2. The Kier molecular flexibility index (Phi) is 6.43. The third-order valence-corrected chi connectivity index (χ3v) is 6.88. The topological polar surface area (TPSA) is 87.8 Å². The second-order valence-corrected chi connectivity index (χ2v) is 9.04. The highest BCUT2D eigenvalue weighted by Crippen LogP contribution is 2.40. The number of guanidine groups is 1. The van der Waals surface area contributed by atoms with E-state index in [1.54, 1.807) is 14.0 Å². The van der Waals surface area contributed by atoms with Crippen molar-refractivity contribution in [2.24, 2.45) is 22.6 Å². The molecule has 0 saturated heterocycles. The maximum Gasteiger partial charge on any atom is 0.257 e. The molecule has 1 aliphatic heterocycles. The highest BCUT2D eigenvalue weighted by Gasteiger charge is 2.48. The number of rotatable bonds is 6. The van der Waals surface area contributed by atoms with Crippen LogP contribution in [-0.4, -0.2) is 41.3 Å². The maximum atomic E-state index is 13.1. The smallest absolute Gasteiger partial charge is 0.257 e. The van der Waals surface area contributed by atoms with Gasteiger partial charge in [-0.1, -0.05) is 44.9 Å². The number of hydrogen-bond acceptors (Lipinski definition) is 4. The van der Waals surface area contributed by atoms with E-state index in [9.17, 15) is 9.59 Å². The van der Waals surface area contributed by atoms with Crippen molar-refractivity contribution < 1.29 is 9.59 Å². The molecular weight excluding hydrogens is 340 g/mol. The van der Waals surface area contributed by atoms with Crippen LogP contribution in [0.3, 0.4) is 0 Å². The van der Waals surface area contributed by atoms with Gasteiger partial charge in [0.1, 0.15) is 5.54 Å². The summed E-state index contributed by atoms with van der Waals surface area (Å²) in [7, 11) is 1.74. The number of nitrogens with two attached hydrogens (primary N) is 1. The number of amides is 2. The SMILES string of the molecule is CC(=O)NC1CCCC(C[C@@]2(CCC3CCCCC3)N=C(N)N(C)C2=O)C1. The van der Waals surface area contributed by atoms with E-state index in [2.05, 4.69) is 5.32 Å². The molecule has 2 saturated carbocycles. The summed E-state index contributed by atoms with van der Waals surface area (Å²) in [4.78, 5) is 30.8. The molecule has 0 aromatic carbocycles. The lowest BCUT2D eigenvalue weighted by Gasteiger charge is -2.35. The Morgan fingerprint density at radius 3 is 2.52 bits per heavy atom. The van der Waals surface area contributed by atoms with Crippen LogP contribution in [-0.2, 0) is 9.59 Å². The monoisotopic (exact) mass is 376 g/mol. The van der Waals surface area contributed by atoms with Crippen molar-refractivity contribution in [1.82, 2.24) is 10.2 Å². The van der Waals surface area contributed by atoms with Gasteiger partial charge in [-0.2, -0.15) is 0 Å². The molecule has 2 unspecified atom stereocenters. The number of nitrogens with zero attached hydrogens (tertiary/aromatic N) is 2. The fraction of sp³-hybridized carbons (Fsp3) is 0.857. The predicted octanol–water partition coefficient (Wildman–Crippen LogP) is 2.96. The number of carbonyl (C=O) groups excluding carboxylic acids is 2. The summed E-state index contributed by atoms with van der Waals surface area (Å²) in [5.74, 6) is 1.60. The molecule has 27 heavy (non-hydrogen) atoms. The molecule has 0 aromatic heterocycles. The zero-order valence-electron chi connectivity index (χ0n) is 17.0. The van der Waals surface area contributed by atoms with Crippen molar-refractivity contribution >= 4 is 17.8 Å². The summed E-state index contributed by atoms with van der Waals surface area (Å²) in [5, 5.41) is 3.07. The van der Waals surface area contributed by atoms with Crippen molar-refractivity contribution in [3.63, 3.8) is 0 Å². The van der Waals surface area contributed by atoms with Crippen LogP contribution < -0.4 is 11.1 Å². The van der Waals surface area contributed by atoms with Crippen molar-refractivity contribution in [3.05, 3.63) is 0 Å². The highest BCUT2D eigenvalue weighted by molar-refractivity contribution is 6.06. The van der Waals surface area contributed by atoms with E-state index in [-0.39, 0.29) is 17.9 Å². The van der Waals surface area contributed by atoms with Gasteiger partial charge in [-0.15, -0.1) is 0 Å². The van der Waals surface area contributed by atoms with Crippen LogP contribution >= 0.6 is 0 Å². The standard InChI is InChI=1S/C21H36N4O2/c1-15(26)23-18-10-6-9-17(13-18)14-21(19(27)25(2)20(22)24-21)12-11-16-7-4-3-5-8-16/h16-18H,3-14H2,1-2H3,(H2,22,24)(H,23,26)/t17?,18?,21-/m1/s1. The van der Waals surface area contributed by atoms with Crippen LogP contribution in [0.25, 0.3) is 0 Å². The van der Waals surface area contributed by atoms with Crippen LogP contribution in [0.2, 0.25) is 0 Å². The molecule has 3 N–H and O–H groups in total. The maximum absolute atomic E-state index is 13.1. The van der Waals surface area contributed by atoms with Gasteiger partial charge in [0.2, 0.25) is 5.91 Å². The van der Waals surface area contributed by atoms with Gasteiger partial charge in [-0.3, -0.25) is 14.5 Å². The summed E-state index contributed by atoms with van der Waals surface area (Å²) in [6.07, 6.45) is 13.4. The molecule has 2 amide bonds. The Labute approximate surface area is 163 Å². The van der Waals surface area contributed by atoms with Crippen LogP contribution in [0.4, 0.5) is 0 Å². The predicted molar refractivity (Wildman–Crippen MR) is 107 cm³/mol. The summed E-state index contributed by atoms with van der Waals surface area (Å²) >= 11 is 0. The molecule has 0 bridgehead atoms. The molecule has 152 valence electrons. The first-order valence-electron chi connectivity index (χ1n) is 10.8. The Bertz CT molecular complexity index is 585. The van der Waals surface area contributed by atoms with Gasteiger partial charge in [0.05, 0.1) is 0 Å². The van der Waals surface area contributed by atoms with E-state index in [1.807, 2.05) is 0 Å². The molecule has 2 fully saturated rings. The molecule has 2 aliphatic carbocycles. The molecule has 0 spiro atoms. The number of aliphatic imine (C=N–C) groups is 1. The minimum Gasteiger partial charge on any atom is -0.369 e. The molecule has 6 heteroatoms. The van der Waals surface area contributed by atoms with Crippen molar-refractivity contribution in [1.29, 1.82) is 0 Å². The van der Waals surface area contributed by atoms with Crippen molar-refractivity contribution in [2.75, 3.05) is 7.05 Å². The van der Waals surface area contributed by atoms with Crippen molar-refractivity contribution in [3.8, 4) is 0 Å². The van der Waals surface area contributed by atoms with E-state index in [0.717, 1.165) is 50.9 Å². The van der Waals surface area contributed by atoms with Gasteiger partial charge in [0.25, 0.3) is 5.91 Å². The van der Waals surface area contributed by atoms with E-state index in [1.165, 1.54) is 37.0 Å². The largest absolute Gasteiger partial charge is 0.369 e. The number of hydrogen-bond donors (Lipinski definition) is 2. The molecule has 3 aliphatic rings. The first kappa shape index (κ1) is 20.2. The minimum atomic E-state index is -0.681. The molecular formula is C21H36N4O2. The Morgan fingerprint density at radius 1 is 1.19 bits per heavy atom. The van der Waals surface area contributed by atoms with Crippen LogP contribution in [0.15, 0.2) is 4.99 Å². The van der Waals surface area contributed by atoms with Gasteiger partial charge in [0.15, 0.2) is 5.96 Å². The molecule has 6 nitrogen and oxygen atoms in total. The summed E-state index contributed by atoms with van der Waals surface area (Å²) in [6.45, 7) is 1.58. The fourth-order valence-corrected chi connectivity index (χ4v) is 5.45. The number of likely N-dealkylation sites (N-methyl/N-ethyl adjacent to an activating group) is 1. The number of carbonyl (C=O) groups is 2. The average molecular weight is 377 g/mol. The van der Waals surface area contributed by atoms with Crippen LogP contribution in [0.5, 0.6) is 0 Å². The van der Waals surface area contributed by atoms with Gasteiger partial charge in [-0.05, 0) is 43.9 Å². The van der Waals surface area contributed by atoms with Gasteiger partial charge >= 0.3 is 0 Å². The van der Waals surface area contributed by atoms with Crippen LogP contribution in [0.1, 0.15) is 84.0 Å². The Hall–Kier alpha value is -1.59. The van der Waals surface area contributed by atoms with E-state index < -0.39 is 5.54 Å². The lowest BCUT2D eigenvalue weighted by atomic mass is 9.74. The molecule has 0 aromatic rings. The fourth-order valence-electron chi connectivity index (χ4n) is 5.45. The molecule has 1 heterocycles. The van der Waals surface area contributed by atoms with E-state index in [4.69, 9.17) is 10.7 Å². The lowest BCUT2D eigenvalue weighted by Crippen LogP contribution is -2.45. The van der Waals surface area contributed by atoms with Gasteiger partial charge < -0.3 is 11.1 Å². The number of nitrogens with one attached hydrogen (secondary N) is 1. The first-order chi connectivity index (χ1) is 12.9. The van der Waals surface area contributed by atoms with E-state index in [0.29, 0.717) is 11.9 Å². The third-order valence-electron chi connectivity index (χ3n) is 6.88. The Balaban J connectivity index is 1.68. The minimum absolute atomic E-state index is 0.0339. The second-order valence-electron chi connectivity index (χ2n) is 9.04. The lowest BCUT2D eigenvalue weighted by molar-refractivity contribution is -0.131. The zero-order valence-corrected chi connectivity index (χ0v) is 17.0.